The first-order valence-electron chi connectivity index (χ1n) is 20.3. The Kier molecular flexibility index (Phi) is 30.8. The summed E-state index contributed by atoms with van der Waals surface area (Å²) in [4.78, 5) is 12.7. The first-order chi connectivity index (χ1) is 23.9. The standard InChI is InChI=1S/C40H76O9/c1-3-5-7-9-11-13-15-17-18-20-22-24-26-28-30-46-32-34(33-47-40-39(45)38(44)37(43)35(31-41)49-40)48-36(42)29-27-25-23-21-19-16-14-12-10-8-6-4-2/h12,14,34-35,37-41,43-45H,3-11,13,15-33H2,1-2H3/b14-12-. The summed E-state index contributed by atoms with van der Waals surface area (Å²) in [7, 11) is 0. The minimum Gasteiger partial charge on any atom is -0.457 e. The van der Waals surface area contributed by atoms with Gasteiger partial charge in [-0.15, -0.1) is 0 Å². The van der Waals surface area contributed by atoms with Crippen LogP contribution in [0.25, 0.3) is 0 Å². The number of aliphatic hydroxyl groups is 4. The van der Waals surface area contributed by atoms with Crippen molar-refractivity contribution in [2.75, 3.05) is 26.4 Å². The maximum Gasteiger partial charge on any atom is 0.306 e. The zero-order valence-corrected chi connectivity index (χ0v) is 31.5. The molecule has 49 heavy (non-hydrogen) atoms. The Morgan fingerprint density at radius 1 is 0.633 bits per heavy atom. The molecule has 0 saturated carbocycles. The molecule has 1 saturated heterocycles. The molecule has 1 heterocycles. The lowest BCUT2D eigenvalue weighted by Crippen LogP contribution is -2.59. The third-order valence-electron chi connectivity index (χ3n) is 9.43. The highest BCUT2D eigenvalue weighted by Crippen LogP contribution is 2.22. The van der Waals surface area contributed by atoms with Crippen molar-refractivity contribution in [1.82, 2.24) is 0 Å². The Morgan fingerprint density at radius 3 is 1.69 bits per heavy atom. The van der Waals surface area contributed by atoms with E-state index in [1.165, 1.54) is 109 Å². The monoisotopic (exact) mass is 701 g/mol. The summed E-state index contributed by atoms with van der Waals surface area (Å²) in [6, 6.07) is 0. The van der Waals surface area contributed by atoms with E-state index in [2.05, 4.69) is 26.0 Å². The van der Waals surface area contributed by atoms with Gasteiger partial charge in [-0.2, -0.15) is 0 Å². The summed E-state index contributed by atoms with van der Waals surface area (Å²) in [6.45, 7) is 4.53. The lowest BCUT2D eigenvalue weighted by atomic mass is 9.99. The fourth-order valence-electron chi connectivity index (χ4n) is 6.19. The predicted octanol–water partition coefficient (Wildman–Crippen LogP) is 8.08. The molecular weight excluding hydrogens is 624 g/mol. The Balaban J connectivity index is 2.31. The van der Waals surface area contributed by atoms with Crippen LogP contribution >= 0.6 is 0 Å². The minimum atomic E-state index is -1.53. The van der Waals surface area contributed by atoms with Crippen molar-refractivity contribution in [1.29, 1.82) is 0 Å². The maximum atomic E-state index is 12.7. The van der Waals surface area contributed by atoms with Crippen LogP contribution in [0.3, 0.4) is 0 Å². The Labute approximate surface area is 299 Å². The van der Waals surface area contributed by atoms with Gasteiger partial charge in [0, 0.05) is 13.0 Å². The number of allylic oxidation sites excluding steroid dienone is 2. The summed E-state index contributed by atoms with van der Waals surface area (Å²) in [5.74, 6) is -0.322. The highest BCUT2D eigenvalue weighted by molar-refractivity contribution is 5.69. The molecule has 0 aliphatic carbocycles. The van der Waals surface area contributed by atoms with Crippen LogP contribution in [-0.2, 0) is 23.7 Å². The molecule has 9 heteroatoms. The molecule has 0 aromatic heterocycles. The summed E-state index contributed by atoms with van der Waals surface area (Å²) in [5.41, 5.74) is 0. The van der Waals surface area contributed by atoms with Gasteiger partial charge >= 0.3 is 5.97 Å². The zero-order chi connectivity index (χ0) is 35.8. The summed E-state index contributed by atoms with van der Waals surface area (Å²) in [6.07, 6.45) is 26.6. The first kappa shape index (κ1) is 46.0. The molecule has 6 unspecified atom stereocenters. The van der Waals surface area contributed by atoms with Crippen molar-refractivity contribution < 1.29 is 44.2 Å². The molecule has 290 valence electrons. The van der Waals surface area contributed by atoms with Gasteiger partial charge < -0.3 is 39.4 Å². The Morgan fingerprint density at radius 2 is 1.12 bits per heavy atom. The molecule has 1 rings (SSSR count). The van der Waals surface area contributed by atoms with Gasteiger partial charge in [-0.25, -0.2) is 0 Å². The second-order valence-corrected chi connectivity index (χ2v) is 14.1. The van der Waals surface area contributed by atoms with Gasteiger partial charge in [-0.3, -0.25) is 4.79 Å². The van der Waals surface area contributed by atoms with Crippen LogP contribution in [-0.4, -0.2) is 89.6 Å². The van der Waals surface area contributed by atoms with E-state index >= 15 is 0 Å². The molecule has 0 amide bonds. The highest BCUT2D eigenvalue weighted by Gasteiger charge is 2.44. The molecular formula is C40H76O9. The number of carbonyl (C=O) groups is 1. The Hall–Kier alpha value is -1.07. The quantitative estimate of drug-likeness (QED) is 0.0299. The molecule has 4 N–H and O–H groups in total. The lowest BCUT2D eigenvalue weighted by Gasteiger charge is -2.39. The molecule has 1 aliphatic rings. The minimum absolute atomic E-state index is 0.112. The molecule has 1 fully saturated rings. The number of unbranched alkanes of at least 4 members (excludes halogenated alkanes) is 21. The van der Waals surface area contributed by atoms with Crippen LogP contribution in [0.5, 0.6) is 0 Å². The van der Waals surface area contributed by atoms with Crippen LogP contribution in [0.2, 0.25) is 0 Å². The van der Waals surface area contributed by atoms with E-state index in [1.807, 2.05) is 0 Å². The number of esters is 1. The number of rotatable bonds is 34. The molecule has 0 bridgehead atoms. The van der Waals surface area contributed by atoms with Crippen LogP contribution < -0.4 is 0 Å². The van der Waals surface area contributed by atoms with Crippen molar-refractivity contribution in [2.45, 2.75) is 211 Å². The van der Waals surface area contributed by atoms with E-state index in [1.54, 1.807) is 0 Å². The van der Waals surface area contributed by atoms with Gasteiger partial charge in [-0.1, -0.05) is 142 Å². The van der Waals surface area contributed by atoms with Crippen LogP contribution in [0.1, 0.15) is 174 Å². The van der Waals surface area contributed by atoms with Gasteiger partial charge in [0.15, 0.2) is 6.29 Å². The van der Waals surface area contributed by atoms with Crippen molar-refractivity contribution in [3.05, 3.63) is 12.2 Å². The Bertz CT molecular complexity index is 762. The summed E-state index contributed by atoms with van der Waals surface area (Å²) < 4.78 is 22.7. The topological polar surface area (TPSA) is 135 Å². The van der Waals surface area contributed by atoms with Crippen LogP contribution in [0.4, 0.5) is 0 Å². The molecule has 6 atom stereocenters. The number of hydrogen-bond acceptors (Lipinski definition) is 9. The van der Waals surface area contributed by atoms with Crippen molar-refractivity contribution in [3.63, 3.8) is 0 Å². The number of aliphatic hydroxyl groups excluding tert-OH is 4. The smallest absolute Gasteiger partial charge is 0.306 e. The predicted molar refractivity (Wildman–Crippen MR) is 196 cm³/mol. The van der Waals surface area contributed by atoms with Gasteiger partial charge in [0.05, 0.1) is 19.8 Å². The molecule has 0 aromatic rings. The fourth-order valence-corrected chi connectivity index (χ4v) is 6.19. The maximum absolute atomic E-state index is 12.7. The third-order valence-corrected chi connectivity index (χ3v) is 9.43. The van der Waals surface area contributed by atoms with Crippen LogP contribution in [0, 0.1) is 0 Å². The first-order valence-corrected chi connectivity index (χ1v) is 20.3. The van der Waals surface area contributed by atoms with Gasteiger partial charge in [-0.05, 0) is 38.5 Å². The molecule has 0 radical (unpaired) electrons. The third kappa shape index (κ3) is 24.7. The summed E-state index contributed by atoms with van der Waals surface area (Å²) >= 11 is 0. The molecule has 1 aliphatic heterocycles. The number of ether oxygens (including phenoxy) is 4. The van der Waals surface area contributed by atoms with Gasteiger partial charge in [0.2, 0.25) is 0 Å². The van der Waals surface area contributed by atoms with Crippen molar-refractivity contribution in [3.8, 4) is 0 Å². The zero-order valence-electron chi connectivity index (χ0n) is 31.5. The average Bonchev–Trinajstić information content (AvgIpc) is 3.10. The van der Waals surface area contributed by atoms with Crippen molar-refractivity contribution in [2.24, 2.45) is 0 Å². The van der Waals surface area contributed by atoms with E-state index in [0.717, 1.165) is 44.9 Å². The molecule has 9 nitrogen and oxygen atoms in total. The van der Waals surface area contributed by atoms with E-state index < -0.39 is 43.4 Å². The highest BCUT2D eigenvalue weighted by atomic mass is 16.7. The lowest BCUT2D eigenvalue weighted by molar-refractivity contribution is -0.305. The van der Waals surface area contributed by atoms with Crippen molar-refractivity contribution >= 4 is 5.97 Å². The largest absolute Gasteiger partial charge is 0.457 e. The van der Waals surface area contributed by atoms with Gasteiger partial charge in [0.25, 0.3) is 0 Å². The summed E-state index contributed by atoms with van der Waals surface area (Å²) in [5, 5.41) is 40.0. The molecule has 0 spiro atoms. The molecule has 0 aromatic carbocycles. The second-order valence-electron chi connectivity index (χ2n) is 14.1. The van der Waals surface area contributed by atoms with Gasteiger partial charge in [0.1, 0.15) is 30.5 Å². The SMILES string of the molecule is CCCCC/C=C\CCCCCCCC(=O)OC(COCCCCCCCCCCCCCCCC)COC1OC(CO)C(O)C(O)C1O. The normalized spacial score (nSPS) is 21.8. The number of hydrogen-bond donors (Lipinski definition) is 4. The van der Waals surface area contributed by atoms with E-state index in [-0.39, 0.29) is 19.2 Å². The fraction of sp³-hybridized carbons (Fsp3) is 0.925. The average molecular weight is 701 g/mol. The van der Waals surface area contributed by atoms with E-state index in [0.29, 0.717) is 13.0 Å². The van der Waals surface area contributed by atoms with E-state index in [9.17, 15) is 25.2 Å². The van der Waals surface area contributed by atoms with E-state index in [4.69, 9.17) is 18.9 Å². The van der Waals surface area contributed by atoms with Crippen LogP contribution in [0.15, 0.2) is 12.2 Å². The second kappa shape index (κ2) is 32.8. The number of carbonyl (C=O) groups excluding carboxylic acids is 1.